The fourth-order valence-corrected chi connectivity index (χ4v) is 4.61. The molecule has 0 radical (unpaired) electrons. The Balaban J connectivity index is 1.97. The maximum atomic E-state index is 12.8. The lowest BCUT2D eigenvalue weighted by Crippen LogP contribution is -2.45. The first-order valence-corrected chi connectivity index (χ1v) is 8.89. The van der Waals surface area contributed by atoms with Gasteiger partial charge in [0, 0.05) is 24.7 Å². The normalized spacial score (nSPS) is 23.0. The number of sulfonamides is 1. The van der Waals surface area contributed by atoms with E-state index in [1.165, 1.54) is 10.5 Å². The van der Waals surface area contributed by atoms with Crippen molar-refractivity contribution in [3.05, 3.63) is 36.5 Å². The van der Waals surface area contributed by atoms with Gasteiger partial charge in [-0.25, -0.2) is 8.42 Å². The largest absolute Gasteiger partial charge is 0.481 e. The Labute approximate surface area is 134 Å². The minimum absolute atomic E-state index is 0.00744. The number of aromatic nitrogens is 1. The molecule has 6 nitrogen and oxygen atoms in total. The molecule has 0 spiro atoms. The summed E-state index contributed by atoms with van der Waals surface area (Å²) < 4.78 is 26.9. The van der Waals surface area contributed by atoms with E-state index < -0.39 is 21.9 Å². The van der Waals surface area contributed by atoms with Crippen molar-refractivity contribution in [2.75, 3.05) is 13.1 Å². The summed E-state index contributed by atoms with van der Waals surface area (Å²) in [5.74, 6) is -1.61. The zero-order chi connectivity index (χ0) is 16.6. The van der Waals surface area contributed by atoms with Crippen LogP contribution in [-0.2, 0) is 14.8 Å². The van der Waals surface area contributed by atoms with Crippen LogP contribution in [0.5, 0.6) is 0 Å². The van der Waals surface area contributed by atoms with Gasteiger partial charge in [0.15, 0.2) is 0 Å². The molecule has 0 amide bonds. The lowest BCUT2D eigenvalue weighted by atomic mass is 9.92. The molecule has 1 aliphatic heterocycles. The Morgan fingerprint density at radius 3 is 2.78 bits per heavy atom. The fourth-order valence-electron chi connectivity index (χ4n) is 3.02. The lowest BCUT2D eigenvalue weighted by molar-refractivity contribution is -0.143. The number of hydrogen-bond acceptors (Lipinski definition) is 4. The van der Waals surface area contributed by atoms with E-state index >= 15 is 0 Å². The number of aliphatic carboxylic acids is 1. The summed E-state index contributed by atoms with van der Waals surface area (Å²) >= 11 is 0. The number of piperidine rings is 1. The van der Waals surface area contributed by atoms with E-state index in [-0.39, 0.29) is 17.4 Å². The topological polar surface area (TPSA) is 87.6 Å². The first-order valence-electron chi connectivity index (χ1n) is 7.45. The molecule has 1 fully saturated rings. The molecule has 2 unspecified atom stereocenters. The Kier molecular flexibility index (Phi) is 4.08. The summed E-state index contributed by atoms with van der Waals surface area (Å²) in [5, 5.41) is 9.96. The monoisotopic (exact) mass is 334 g/mol. The number of rotatable bonds is 3. The van der Waals surface area contributed by atoms with Gasteiger partial charge in [0.05, 0.1) is 11.4 Å². The van der Waals surface area contributed by atoms with Crippen molar-refractivity contribution in [2.45, 2.75) is 18.2 Å². The molecule has 2 atom stereocenters. The van der Waals surface area contributed by atoms with E-state index in [1.54, 1.807) is 12.1 Å². The van der Waals surface area contributed by atoms with Gasteiger partial charge in [-0.05, 0) is 24.5 Å². The SMILES string of the molecule is CC1CC(C(=O)O)CN(S(=O)(=O)c2cnc3ccccc3c2)C1. The van der Waals surface area contributed by atoms with Crippen molar-refractivity contribution < 1.29 is 18.3 Å². The van der Waals surface area contributed by atoms with Gasteiger partial charge in [-0.15, -0.1) is 0 Å². The number of benzene rings is 1. The van der Waals surface area contributed by atoms with Crippen molar-refractivity contribution in [1.82, 2.24) is 9.29 Å². The van der Waals surface area contributed by atoms with Crippen molar-refractivity contribution in [3.8, 4) is 0 Å². The molecular weight excluding hydrogens is 316 g/mol. The first-order chi connectivity index (χ1) is 10.9. The summed E-state index contributed by atoms with van der Waals surface area (Å²) in [6.07, 6.45) is 1.84. The minimum Gasteiger partial charge on any atom is -0.481 e. The number of hydrogen-bond donors (Lipinski definition) is 1. The van der Waals surface area contributed by atoms with Crippen LogP contribution in [0.1, 0.15) is 13.3 Å². The Morgan fingerprint density at radius 1 is 1.30 bits per heavy atom. The molecule has 1 aliphatic rings. The van der Waals surface area contributed by atoms with E-state index in [0.717, 1.165) is 10.9 Å². The van der Waals surface area contributed by atoms with E-state index in [1.807, 2.05) is 25.1 Å². The fraction of sp³-hybridized carbons (Fsp3) is 0.375. The summed E-state index contributed by atoms with van der Waals surface area (Å²) in [6, 6.07) is 8.87. The number of carboxylic acid groups (broad SMARTS) is 1. The van der Waals surface area contributed by atoms with Gasteiger partial charge >= 0.3 is 5.97 Å². The Hall–Kier alpha value is -1.99. The molecule has 122 valence electrons. The van der Waals surface area contributed by atoms with Gasteiger partial charge in [0.2, 0.25) is 10.0 Å². The predicted octanol–water partition coefficient (Wildman–Crippen LogP) is 1.97. The van der Waals surface area contributed by atoms with Crippen LogP contribution in [0.3, 0.4) is 0 Å². The van der Waals surface area contributed by atoms with E-state index in [9.17, 15) is 18.3 Å². The second-order valence-electron chi connectivity index (χ2n) is 6.06. The molecule has 23 heavy (non-hydrogen) atoms. The van der Waals surface area contributed by atoms with Crippen LogP contribution in [0.25, 0.3) is 10.9 Å². The molecule has 0 aliphatic carbocycles. The van der Waals surface area contributed by atoms with Crippen molar-refractivity contribution in [3.63, 3.8) is 0 Å². The number of nitrogens with zero attached hydrogens (tertiary/aromatic N) is 2. The highest BCUT2D eigenvalue weighted by Gasteiger charge is 2.36. The quantitative estimate of drug-likeness (QED) is 0.927. The molecule has 1 N–H and O–H groups in total. The molecule has 2 heterocycles. The average Bonchev–Trinajstić information content (AvgIpc) is 2.53. The molecule has 0 saturated carbocycles. The second-order valence-corrected chi connectivity index (χ2v) is 8.00. The van der Waals surface area contributed by atoms with Gasteiger partial charge in [-0.2, -0.15) is 4.31 Å². The van der Waals surface area contributed by atoms with Gasteiger partial charge in [-0.1, -0.05) is 25.1 Å². The smallest absolute Gasteiger partial charge is 0.307 e. The van der Waals surface area contributed by atoms with Crippen LogP contribution in [0, 0.1) is 11.8 Å². The average molecular weight is 334 g/mol. The van der Waals surface area contributed by atoms with E-state index in [2.05, 4.69) is 4.98 Å². The summed E-state index contributed by atoms with van der Waals surface area (Å²) in [7, 11) is -3.75. The molecule has 1 saturated heterocycles. The van der Waals surface area contributed by atoms with Crippen LogP contribution in [0.2, 0.25) is 0 Å². The summed E-state index contributed by atoms with van der Waals surface area (Å²) in [4.78, 5) is 15.5. The van der Waals surface area contributed by atoms with Crippen LogP contribution in [-0.4, -0.2) is 41.9 Å². The molecular formula is C16H18N2O4S. The summed E-state index contributed by atoms with van der Waals surface area (Å²) in [5.41, 5.74) is 0.724. The third kappa shape index (κ3) is 3.07. The maximum Gasteiger partial charge on any atom is 0.307 e. The van der Waals surface area contributed by atoms with Gasteiger partial charge in [0.25, 0.3) is 0 Å². The van der Waals surface area contributed by atoms with E-state index in [4.69, 9.17) is 0 Å². The molecule has 7 heteroatoms. The summed E-state index contributed by atoms with van der Waals surface area (Å²) in [6.45, 7) is 2.21. The number of para-hydroxylation sites is 1. The highest BCUT2D eigenvalue weighted by atomic mass is 32.2. The van der Waals surface area contributed by atoms with Crippen molar-refractivity contribution in [2.24, 2.45) is 11.8 Å². The highest BCUT2D eigenvalue weighted by Crippen LogP contribution is 2.28. The number of carboxylic acids is 1. The highest BCUT2D eigenvalue weighted by molar-refractivity contribution is 7.89. The molecule has 3 rings (SSSR count). The third-order valence-corrected chi connectivity index (χ3v) is 5.98. The minimum atomic E-state index is -3.75. The van der Waals surface area contributed by atoms with Gasteiger partial charge in [0.1, 0.15) is 4.90 Å². The third-order valence-electron chi connectivity index (χ3n) is 4.18. The number of pyridine rings is 1. The molecule has 0 bridgehead atoms. The lowest BCUT2D eigenvalue weighted by Gasteiger charge is -2.33. The number of carbonyl (C=O) groups is 1. The van der Waals surface area contributed by atoms with E-state index in [0.29, 0.717) is 13.0 Å². The first kappa shape index (κ1) is 15.9. The van der Waals surface area contributed by atoms with Crippen molar-refractivity contribution >= 4 is 26.9 Å². The molecule has 1 aromatic carbocycles. The molecule has 2 aromatic rings. The zero-order valence-electron chi connectivity index (χ0n) is 12.7. The van der Waals surface area contributed by atoms with Crippen LogP contribution >= 0.6 is 0 Å². The van der Waals surface area contributed by atoms with Crippen LogP contribution < -0.4 is 0 Å². The molecule has 1 aromatic heterocycles. The van der Waals surface area contributed by atoms with Crippen LogP contribution in [0.15, 0.2) is 41.4 Å². The zero-order valence-corrected chi connectivity index (χ0v) is 13.5. The predicted molar refractivity (Wildman–Crippen MR) is 85.4 cm³/mol. The van der Waals surface area contributed by atoms with Crippen molar-refractivity contribution in [1.29, 1.82) is 0 Å². The standard InChI is InChI=1S/C16H18N2O4S/c1-11-6-13(16(19)20)10-18(9-11)23(21,22)14-7-12-4-2-3-5-15(12)17-8-14/h2-5,7-8,11,13H,6,9-10H2,1H3,(H,19,20). The van der Waals surface area contributed by atoms with Crippen LogP contribution in [0.4, 0.5) is 0 Å². The Morgan fingerprint density at radius 2 is 2.04 bits per heavy atom. The number of fused-ring (bicyclic) bond motifs is 1. The maximum absolute atomic E-state index is 12.8. The van der Waals surface area contributed by atoms with Gasteiger partial charge in [-0.3, -0.25) is 9.78 Å². The van der Waals surface area contributed by atoms with Gasteiger partial charge < -0.3 is 5.11 Å². The second kappa shape index (κ2) is 5.90. The Bertz CT molecular complexity index is 850.